The third kappa shape index (κ3) is 2.69. The molecule has 2 unspecified atom stereocenters. The van der Waals surface area contributed by atoms with Crippen molar-refractivity contribution in [3.8, 4) is 0 Å². The average Bonchev–Trinajstić information content (AvgIpc) is 3.04. The summed E-state index contributed by atoms with van der Waals surface area (Å²) in [5, 5.41) is 12.7. The lowest BCUT2D eigenvalue weighted by atomic mass is 9.86. The number of nitrogens with zero attached hydrogens (tertiary/aromatic N) is 6. The van der Waals surface area contributed by atoms with E-state index in [1.807, 2.05) is 24.0 Å². The van der Waals surface area contributed by atoms with Gasteiger partial charge >= 0.3 is 0 Å². The molecule has 2 aromatic heterocycles. The predicted octanol–water partition coefficient (Wildman–Crippen LogP) is 1.74. The lowest BCUT2D eigenvalue weighted by Gasteiger charge is -2.56. The number of benzene rings is 1. The lowest BCUT2D eigenvalue weighted by molar-refractivity contribution is -0.145. The number of hydrogen-bond acceptors (Lipinski definition) is 5. The zero-order valence-corrected chi connectivity index (χ0v) is 15.2. The van der Waals surface area contributed by atoms with Crippen molar-refractivity contribution in [3.05, 3.63) is 53.4 Å². The van der Waals surface area contributed by atoms with E-state index in [4.69, 9.17) is 0 Å². The van der Waals surface area contributed by atoms with Crippen molar-refractivity contribution in [2.24, 2.45) is 0 Å². The van der Waals surface area contributed by atoms with Gasteiger partial charge in [-0.05, 0) is 37.1 Å². The largest absolute Gasteiger partial charge is 0.351 e. The molecule has 2 bridgehead atoms. The maximum absolute atomic E-state index is 13.9. The summed E-state index contributed by atoms with van der Waals surface area (Å²) >= 11 is 0. The van der Waals surface area contributed by atoms with Gasteiger partial charge in [0.2, 0.25) is 5.91 Å². The van der Waals surface area contributed by atoms with Crippen LogP contribution < -0.4 is 4.90 Å². The maximum atomic E-state index is 13.9. The highest BCUT2D eigenvalue weighted by Gasteiger charge is 2.47. The number of amides is 1. The second kappa shape index (κ2) is 6.22. The summed E-state index contributed by atoms with van der Waals surface area (Å²) in [5.74, 6) is 0.101. The average molecular weight is 384 g/mol. The van der Waals surface area contributed by atoms with Crippen LogP contribution in [0.2, 0.25) is 0 Å². The third-order valence-electron chi connectivity index (χ3n) is 5.57. The highest BCUT2D eigenvalue weighted by molar-refractivity contribution is 5.81. The number of hydrogen-bond donors (Lipinski definition) is 0. The Hall–Kier alpha value is -3.10. The van der Waals surface area contributed by atoms with Crippen molar-refractivity contribution >= 4 is 17.4 Å². The fourth-order valence-corrected chi connectivity index (χ4v) is 4.18. The van der Waals surface area contributed by atoms with E-state index in [2.05, 4.69) is 20.2 Å². The van der Waals surface area contributed by atoms with Gasteiger partial charge < -0.3 is 9.80 Å². The summed E-state index contributed by atoms with van der Waals surface area (Å²) in [6.07, 6.45) is 0.880. The molecule has 9 heteroatoms. The first-order valence-electron chi connectivity index (χ1n) is 9.19. The van der Waals surface area contributed by atoms with Crippen molar-refractivity contribution in [3.63, 3.8) is 0 Å². The maximum Gasteiger partial charge on any atom is 0.227 e. The minimum atomic E-state index is -0.678. The van der Waals surface area contributed by atoms with E-state index in [9.17, 15) is 13.6 Å². The summed E-state index contributed by atoms with van der Waals surface area (Å²) in [6.45, 7) is 3.20. The third-order valence-corrected chi connectivity index (χ3v) is 5.57. The smallest absolute Gasteiger partial charge is 0.227 e. The van der Waals surface area contributed by atoms with E-state index >= 15 is 0 Å². The molecule has 0 radical (unpaired) electrons. The number of piperidine rings is 1. The molecular formula is C19H18F2N6O. The molecule has 7 nitrogen and oxygen atoms in total. The number of halogens is 2. The van der Waals surface area contributed by atoms with Gasteiger partial charge in [-0.15, -0.1) is 15.3 Å². The number of aromatic nitrogens is 4. The molecule has 144 valence electrons. The molecule has 0 aliphatic carbocycles. The zero-order chi connectivity index (χ0) is 19.4. The Morgan fingerprint density at radius 3 is 2.68 bits per heavy atom. The highest BCUT2D eigenvalue weighted by Crippen LogP contribution is 2.34. The Balaban J connectivity index is 1.30. The molecule has 28 heavy (non-hydrogen) atoms. The summed E-state index contributed by atoms with van der Waals surface area (Å²) in [4.78, 5) is 16.7. The van der Waals surface area contributed by atoms with Gasteiger partial charge in [-0.3, -0.25) is 4.79 Å². The van der Waals surface area contributed by atoms with Crippen LogP contribution in [0.25, 0.3) is 5.65 Å². The van der Waals surface area contributed by atoms with Crippen LogP contribution in [-0.2, 0) is 11.2 Å². The molecule has 2 atom stereocenters. The Morgan fingerprint density at radius 2 is 1.93 bits per heavy atom. The van der Waals surface area contributed by atoms with Gasteiger partial charge in [0.05, 0.1) is 18.5 Å². The van der Waals surface area contributed by atoms with Crippen LogP contribution in [0.3, 0.4) is 0 Å². The predicted molar refractivity (Wildman–Crippen MR) is 96.8 cm³/mol. The first kappa shape index (κ1) is 17.0. The molecule has 5 heterocycles. The summed E-state index contributed by atoms with van der Waals surface area (Å²) in [7, 11) is 0. The van der Waals surface area contributed by atoms with Crippen LogP contribution in [0.1, 0.15) is 17.8 Å². The Bertz CT molecular complexity index is 1070. The molecule has 3 fully saturated rings. The van der Waals surface area contributed by atoms with Crippen LogP contribution in [-0.4, -0.2) is 55.8 Å². The number of rotatable bonds is 3. The molecular weight excluding hydrogens is 366 g/mol. The molecule has 3 aliphatic heterocycles. The van der Waals surface area contributed by atoms with Crippen molar-refractivity contribution in [2.75, 3.05) is 18.0 Å². The number of anilines is 1. The van der Waals surface area contributed by atoms with E-state index < -0.39 is 11.6 Å². The number of carbonyl (C=O) groups is 1. The number of aryl methyl sites for hydroxylation is 1. The summed E-state index contributed by atoms with van der Waals surface area (Å²) in [5.41, 5.74) is 0.921. The molecule has 3 aromatic rings. The second-order valence-corrected chi connectivity index (χ2v) is 7.37. The molecule has 1 amide bonds. The quantitative estimate of drug-likeness (QED) is 0.688. The molecule has 0 spiro atoms. The first-order valence-corrected chi connectivity index (χ1v) is 9.19. The van der Waals surface area contributed by atoms with Gasteiger partial charge in [-0.1, -0.05) is 6.07 Å². The number of carbonyl (C=O) groups excluding carboxylic acids is 1. The monoisotopic (exact) mass is 384 g/mol. The SMILES string of the molecule is Cc1nnc2ccc(N3CC4CC(C3)N4C(=O)Cc3ccc(F)cc3F)nn12. The Labute approximate surface area is 159 Å². The Morgan fingerprint density at radius 1 is 1.14 bits per heavy atom. The fraction of sp³-hybridized carbons (Fsp3) is 0.368. The first-order chi connectivity index (χ1) is 13.5. The fourth-order valence-electron chi connectivity index (χ4n) is 4.18. The van der Waals surface area contributed by atoms with E-state index in [0.717, 1.165) is 24.1 Å². The lowest BCUT2D eigenvalue weighted by Crippen LogP contribution is -2.70. The number of fused-ring (bicyclic) bond motifs is 3. The highest BCUT2D eigenvalue weighted by atomic mass is 19.1. The van der Waals surface area contributed by atoms with Crippen molar-refractivity contribution < 1.29 is 13.6 Å². The van der Waals surface area contributed by atoms with Crippen molar-refractivity contribution in [2.45, 2.75) is 31.8 Å². The van der Waals surface area contributed by atoms with Crippen LogP contribution in [0.15, 0.2) is 30.3 Å². The molecule has 6 rings (SSSR count). The number of piperazine rings is 1. The van der Waals surface area contributed by atoms with E-state index in [0.29, 0.717) is 18.7 Å². The van der Waals surface area contributed by atoms with Crippen molar-refractivity contribution in [1.29, 1.82) is 0 Å². The zero-order valence-electron chi connectivity index (χ0n) is 15.2. The van der Waals surface area contributed by atoms with Gasteiger partial charge in [0.25, 0.3) is 0 Å². The molecule has 0 N–H and O–H groups in total. The minimum absolute atomic E-state index is 0.0524. The molecule has 1 aromatic carbocycles. The van der Waals surface area contributed by atoms with Crippen LogP contribution >= 0.6 is 0 Å². The molecule has 3 saturated heterocycles. The van der Waals surface area contributed by atoms with Gasteiger partial charge in [-0.2, -0.15) is 4.52 Å². The summed E-state index contributed by atoms with van der Waals surface area (Å²) in [6, 6.07) is 7.28. The van der Waals surface area contributed by atoms with Gasteiger partial charge in [-0.25, -0.2) is 8.78 Å². The van der Waals surface area contributed by atoms with E-state index in [1.54, 1.807) is 4.52 Å². The van der Waals surface area contributed by atoms with Crippen LogP contribution in [0, 0.1) is 18.6 Å². The van der Waals surface area contributed by atoms with Crippen LogP contribution in [0.4, 0.5) is 14.6 Å². The van der Waals surface area contributed by atoms with Gasteiger partial charge in [0.1, 0.15) is 17.5 Å². The van der Waals surface area contributed by atoms with Gasteiger partial charge in [0, 0.05) is 19.2 Å². The molecule has 0 saturated carbocycles. The van der Waals surface area contributed by atoms with E-state index in [-0.39, 0.29) is 30.0 Å². The van der Waals surface area contributed by atoms with Gasteiger partial charge in [0.15, 0.2) is 11.5 Å². The summed E-state index contributed by atoms with van der Waals surface area (Å²) < 4.78 is 28.6. The standard InChI is InChI=1S/C19H18F2N6O/c1-11-22-23-17-4-5-18(24-27(11)17)25-9-14-8-15(10-25)26(14)19(28)6-12-2-3-13(20)7-16(12)21/h2-5,7,14-15H,6,8-10H2,1H3. The minimum Gasteiger partial charge on any atom is -0.351 e. The molecule has 3 aliphatic rings. The van der Waals surface area contributed by atoms with Crippen molar-refractivity contribution in [1.82, 2.24) is 24.7 Å². The van der Waals surface area contributed by atoms with Crippen LogP contribution in [0.5, 0.6) is 0 Å². The Kier molecular flexibility index (Phi) is 3.78. The second-order valence-electron chi connectivity index (χ2n) is 7.37. The normalized spacial score (nSPS) is 21.1. The van der Waals surface area contributed by atoms with E-state index in [1.165, 1.54) is 12.1 Å². The topological polar surface area (TPSA) is 66.6 Å².